The third kappa shape index (κ3) is 9.46. The molecule has 0 radical (unpaired) electrons. The molecule has 0 aliphatic rings. The second kappa shape index (κ2) is 16.9. The number of ether oxygens (including phenoxy) is 3. The molecular weight excluding hydrogens is 734 g/mol. The molecule has 0 bridgehead atoms. The highest BCUT2D eigenvalue weighted by Gasteiger charge is 2.36. The van der Waals surface area contributed by atoms with Gasteiger partial charge in [0.25, 0.3) is 10.0 Å². The zero-order valence-corrected chi connectivity index (χ0v) is 31.0. The zero-order chi connectivity index (χ0) is 35.7. The second-order valence-electron chi connectivity index (χ2n) is 11.4. The van der Waals surface area contributed by atoms with Crippen LogP contribution in [0.15, 0.2) is 100 Å². The van der Waals surface area contributed by atoms with Gasteiger partial charge in [0, 0.05) is 34.6 Å². The molecule has 260 valence electrons. The fourth-order valence-corrected chi connectivity index (χ4v) is 7.29. The predicted molar refractivity (Wildman–Crippen MR) is 194 cm³/mol. The summed E-state index contributed by atoms with van der Waals surface area (Å²) in [5, 5.41) is 3.17. The van der Waals surface area contributed by atoms with Gasteiger partial charge in [0.2, 0.25) is 11.8 Å². The van der Waals surface area contributed by atoms with E-state index in [9.17, 15) is 18.0 Å². The molecule has 13 heteroatoms. The van der Waals surface area contributed by atoms with Gasteiger partial charge in [-0.1, -0.05) is 70.0 Å². The van der Waals surface area contributed by atoms with Crippen molar-refractivity contribution in [1.82, 2.24) is 10.2 Å². The summed E-state index contributed by atoms with van der Waals surface area (Å²) in [4.78, 5) is 29.9. The lowest BCUT2D eigenvalue weighted by Gasteiger charge is -2.34. The summed E-state index contributed by atoms with van der Waals surface area (Å²) in [5.41, 5.74) is 1.59. The molecule has 1 atom stereocenters. The van der Waals surface area contributed by atoms with Gasteiger partial charge in [0.1, 0.15) is 18.3 Å². The molecule has 0 heterocycles. The summed E-state index contributed by atoms with van der Waals surface area (Å²) in [6.07, 6.45) is 0.183. The van der Waals surface area contributed by atoms with Crippen molar-refractivity contribution in [1.29, 1.82) is 0 Å². The number of rotatable bonds is 15. The first-order valence-corrected chi connectivity index (χ1v) is 18.0. The van der Waals surface area contributed by atoms with E-state index < -0.39 is 28.5 Å². The van der Waals surface area contributed by atoms with Gasteiger partial charge in [-0.25, -0.2) is 8.42 Å². The normalized spacial score (nSPS) is 11.8. The molecule has 4 aromatic rings. The smallest absolute Gasteiger partial charge is 0.265 e. The van der Waals surface area contributed by atoms with Crippen molar-refractivity contribution >= 4 is 55.1 Å². The number of nitrogens with one attached hydrogen (secondary N) is 1. The number of halogens is 2. The first-order chi connectivity index (χ1) is 23.4. The average Bonchev–Trinajstić information content (AvgIpc) is 3.08. The van der Waals surface area contributed by atoms with Crippen molar-refractivity contribution in [3.05, 3.63) is 112 Å². The minimum atomic E-state index is -4.49. The monoisotopic (exact) mass is 771 g/mol. The Kier molecular flexibility index (Phi) is 13.0. The summed E-state index contributed by atoms with van der Waals surface area (Å²) < 4.78 is 47.1. The molecule has 0 aliphatic heterocycles. The molecule has 4 rings (SSSR count). The van der Waals surface area contributed by atoms with Crippen molar-refractivity contribution in [3.8, 4) is 17.2 Å². The third-order valence-electron chi connectivity index (χ3n) is 7.58. The Morgan fingerprint density at radius 2 is 1.47 bits per heavy atom. The highest BCUT2D eigenvalue weighted by atomic mass is 79.9. The number of carbonyl (C=O) groups is 2. The molecule has 0 aliphatic carbocycles. The number of anilines is 1. The van der Waals surface area contributed by atoms with E-state index in [4.69, 9.17) is 25.8 Å². The molecule has 0 aromatic heterocycles. The first-order valence-electron chi connectivity index (χ1n) is 15.3. The van der Waals surface area contributed by atoms with Crippen LogP contribution in [0.3, 0.4) is 0 Å². The Hall–Kier alpha value is -4.26. The highest BCUT2D eigenvalue weighted by molar-refractivity contribution is 9.10. The fourth-order valence-electron chi connectivity index (χ4n) is 5.24. The van der Waals surface area contributed by atoms with Gasteiger partial charge in [0.05, 0.1) is 31.9 Å². The number of methoxy groups -OCH3 is 3. The molecule has 0 saturated heterocycles. The van der Waals surface area contributed by atoms with E-state index in [1.165, 1.54) is 56.6 Å². The Labute approximate surface area is 301 Å². The van der Waals surface area contributed by atoms with Gasteiger partial charge in [-0.05, 0) is 67.4 Å². The van der Waals surface area contributed by atoms with Crippen LogP contribution in [0.4, 0.5) is 5.69 Å². The Morgan fingerprint density at radius 3 is 2.10 bits per heavy atom. The summed E-state index contributed by atoms with van der Waals surface area (Å²) in [6.45, 7) is 2.99. The van der Waals surface area contributed by atoms with Crippen LogP contribution in [0.1, 0.15) is 25.0 Å². The molecule has 49 heavy (non-hydrogen) atoms. The van der Waals surface area contributed by atoms with Gasteiger partial charge >= 0.3 is 0 Å². The fraction of sp³-hybridized carbons (Fsp3) is 0.278. The maximum atomic E-state index is 14.7. The summed E-state index contributed by atoms with van der Waals surface area (Å²) >= 11 is 9.88. The van der Waals surface area contributed by atoms with Crippen molar-refractivity contribution < 1.29 is 32.2 Å². The van der Waals surface area contributed by atoms with Gasteiger partial charge in [-0.2, -0.15) is 0 Å². The first kappa shape index (κ1) is 37.6. The highest BCUT2D eigenvalue weighted by Crippen LogP contribution is 2.37. The minimum absolute atomic E-state index is 0.0121. The van der Waals surface area contributed by atoms with Crippen LogP contribution < -0.4 is 23.8 Å². The Balaban J connectivity index is 1.89. The SMILES string of the molecule is COc1ccc(S(=O)(=O)N(CC(=O)N(Cc2cccc(Br)c2)C(Cc2ccccc2)C(=O)NC(C)C)c2cc(Cl)ccc2OC)cc1OC. The van der Waals surface area contributed by atoms with Gasteiger partial charge in [-0.15, -0.1) is 0 Å². The van der Waals surface area contributed by atoms with Gasteiger partial charge < -0.3 is 24.4 Å². The third-order valence-corrected chi connectivity index (χ3v) is 10.1. The van der Waals surface area contributed by atoms with Crippen LogP contribution in [0.5, 0.6) is 17.2 Å². The Bertz CT molecular complexity index is 1880. The standard InChI is InChI=1S/C36H39BrClN3O7S/c1-24(2)39-36(43)31(19-25-10-7-6-8-11-25)40(22-26-12-9-13-27(37)18-26)35(42)23-41(30-20-28(38)14-16-32(30)46-3)49(44,45)29-15-17-33(47-4)34(21-29)48-5/h6-18,20-21,24,31H,19,22-23H2,1-5H3,(H,39,43). The molecule has 0 fully saturated rings. The maximum Gasteiger partial charge on any atom is 0.265 e. The quantitative estimate of drug-likeness (QED) is 0.147. The maximum absolute atomic E-state index is 14.7. The van der Waals surface area contributed by atoms with Crippen molar-refractivity contribution in [2.75, 3.05) is 32.2 Å². The number of carbonyl (C=O) groups excluding carboxylic acids is 2. The van der Waals surface area contributed by atoms with Crippen LogP contribution in [-0.2, 0) is 32.6 Å². The van der Waals surface area contributed by atoms with Crippen LogP contribution in [0.25, 0.3) is 0 Å². The minimum Gasteiger partial charge on any atom is -0.495 e. The molecule has 1 N–H and O–H groups in total. The second-order valence-corrected chi connectivity index (χ2v) is 14.6. The lowest BCUT2D eigenvalue weighted by atomic mass is 10.0. The van der Waals surface area contributed by atoms with Crippen molar-refractivity contribution in [3.63, 3.8) is 0 Å². The lowest BCUT2D eigenvalue weighted by Crippen LogP contribution is -2.54. The van der Waals surface area contributed by atoms with E-state index in [0.717, 1.165) is 19.9 Å². The van der Waals surface area contributed by atoms with E-state index in [1.807, 2.05) is 68.4 Å². The summed E-state index contributed by atoms with van der Waals surface area (Å²) in [6, 6.07) is 24.1. The number of benzene rings is 4. The van der Waals surface area contributed by atoms with Crippen LogP contribution in [-0.4, -0.2) is 65.1 Å². The average molecular weight is 773 g/mol. The number of hydrogen-bond acceptors (Lipinski definition) is 7. The van der Waals surface area contributed by atoms with E-state index in [0.29, 0.717) is 5.75 Å². The molecule has 0 saturated carbocycles. The largest absolute Gasteiger partial charge is 0.495 e. The number of hydrogen-bond donors (Lipinski definition) is 1. The van der Waals surface area contributed by atoms with E-state index >= 15 is 0 Å². The molecule has 1 unspecified atom stereocenters. The van der Waals surface area contributed by atoms with E-state index in [2.05, 4.69) is 21.2 Å². The van der Waals surface area contributed by atoms with E-state index in [-0.39, 0.29) is 52.0 Å². The number of sulfonamides is 1. The lowest BCUT2D eigenvalue weighted by molar-refractivity contribution is -0.140. The predicted octanol–water partition coefficient (Wildman–Crippen LogP) is 6.49. The topological polar surface area (TPSA) is 114 Å². The van der Waals surface area contributed by atoms with Gasteiger partial charge in [0.15, 0.2) is 11.5 Å². The molecule has 2 amide bonds. The van der Waals surface area contributed by atoms with Gasteiger partial charge in [-0.3, -0.25) is 13.9 Å². The van der Waals surface area contributed by atoms with Crippen LogP contribution >= 0.6 is 27.5 Å². The molecule has 0 spiro atoms. The van der Waals surface area contributed by atoms with E-state index in [1.54, 1.807) is 6.07 Å². The Morgan fingerprint density at radius 1 is 0.816 bits per heavy atom. The molecule has 4 aromatic carbocycles. The number of nitrogens with zero attached hydrogens (tertiary/aromatic N) is 2. The molecular formula is C36H39BrClN3O7S. The van der Waals surface area contributed by atoms with Crippen molar-refractivity contribution in [2.24, 2.45) is 0 Å². The number of amides is 2. The zero-order valence-electron chi connectivity index (χ0n) is 27.9. The van der Waals surface area contributed by atoms with Crippen molar-refractivity contribution in [2.45, 2.75) is 43.8 Å². The van der Waals surface area contributed by atoms with Crippen LogP contribution in [0, 0.1) is 0 Å². The molecule has 10 nitrogen and oxygen atoms in total. The van der Waals surface area contributed by atoms with Crippen LogP contribution in [0.2, 0.25) is 5.02 Å². The summed E-state index contributed by atoms with van der Waals surface area (Å²) in [7, 11) is -0.266. The summed E-state index contributed by atoms with van der Waals surface area (Å²) in [5.74, 6) is -0.345.